The number of nitrogens with zero attached hydrogens (tertiary/aromatic N) is 1. The number of hydrogen-bond acceptors (Lipinski definition) is 2. The summed E-state index contributed by atoms with van der Waals surface area (Å²) in [6.07, 6.45) is 5.08. The van der Waals surface area contributed by atoms with Gasteiger partial charge in [0, 0.05) is 11.0 Å². The first-order chi connectivity index (χ1) is 8.92. The number of aliphatic imine (C=N–C) groups is 1. The fraction of sp³-hybridized carbons (Fsp3) is 0.562. The summed E-state index contributed by atoms with van der Waals surface area (Å²) >= 11 is 2.25. The van der Waals surface area contributed by atoms with E-state index in [9.17, 15) is 0 Å². The molecule has 1 saturated carbocycles. The van der Waals surface area contributed by atoms with Gasteiger partial charge in [-0.05, 0) is 44.7 Å². The van der Waals surface area contributed by atoms with Gasteiger partial charge in [0.1, 0.15) is 7.22 Å². The summed E-state index contributed by atoms with van der Waals surface area (Å²) in [4.78, 5) is 4.86. The average Bonchev–Trinajstić information content (AvgIpc) is 2.30. The van der Waals surface area contributed by atoms with Crippen LogP contribution < -0.4 is 0 Å². The van der Waals surface area contributed by atoms with Crippen LogP contribution in [0.3, 0.4) is 0 Å². The van der Waals surface area contributed by atoms with Crippen molar-refractivity contribution < 1.29 is 0 Å². The molecule has 1 aromatic carbocycles. The fourth-order valence-electron chi connectivity index (χ4n) is 2.50. The number of aryl methyl sites for hydroxylation is 1. The third kappa shape index (κ3) is 5.15. The molecule has 1 aromatic rings. The molecule has 0 heterocycles. The standard InChI is InChI=1S/C16H25NSSi/c1-13-8-10-14(11-9-13)17-15-6-5-7-16(12-15)18-19(2,3)4/h8-11,16H,5-7,12H2,1-4H3. The van der Waals surface area contributed by atoms with Crippen molar-refractivity contribution in [3.8, 4) is 0 Å². The second-order valence-electron chi connectivity index (χ2n) is 6.46. The molecular weight excluding hydrogens is 266 g/mol. The van der Waals surface area contributed by atoms with Crippen LogP contribution in [0.15, 0.2) is 29.3 Å². The van der Waals surface area contributed by atoms with Crippen LogP contribution >= 0.6 is 11.2 Å². The van der Waals surface area contributed by atoms with Crippen molar-refractivity contribution >= 4 is 29.8 Å². The Kier molecular flexibility index (Phi) is 4.90. The Morgan fingerprint density at radius 3 is 2.47 bits per heavy atom. The summed E-state index contributed by atoms with van der Waals surface area (Å²) < 4.78 is 0. The Hall–Kier alpha value is -0.543. The van der Waals surface area contributed by atoms with E-state index >= 15 is 0 Å². The molecule has 1 aliphatic carbocycles. The molecule has 0 bridgehead atoms. The van der Waals surface area contributed by atoms with Crippen LogP contribution in [0.1, 0.15) is 31.2 Å². The van der Waals surface area contributed by atoms with Crippen molar-refractivity contribution in [3.05, 3.63) is 29.8 Å². The predicted octanol–water partition coefficient (Wildman–Crippen LogP) is 5.58. The highest BCUT2D eigenvalue weighted by Gasteiger charge is 2.25. The van der Waals surface area contributed by atoms with E-state index in [-0.39, 0.29) is 0 Å². The highest BCUT2D eigenvalue weighted by molar-refractivity contribution is 8.29. The first kappa shape index (κ1) is 14.9. The molecule has 1 fully saturated rings. The molecule has 104 valence electrons. The van der Waals surface area contributed by atoms with Crippen LogP contribution in [-0.2, 0) is 0 Å². The lowest BCUT2D eigenvalue weighted by Crippen LogP contribution is -2.25. The molecule has 0 amide bonds. The average molecular weight is 292 g/mol. The van der Waals surface area contributed by atoms with Gasteiger partial charge >= 0.3 is 0 Å². The van der Waals surface area contributed by atoms with E-state index in [2.05, 4.69) is 62.0 Å². The van der Waals surface area contributed by atoms with Gasteiger partial charge in [-0.3, -0.25) is 4.99 Å². The van der Waals surface area contributed by atoms with E-state index in [0.29, 0.717) is 0 Å². The molecule has 1 nitrogen and oxygen atoms in total. The summed E-state index contributed by atoms with van der Waals surface area (Å²) in [5.74, 6) is 0. The van der Waals surface area contributed by atoms with Gasteiger partial charge in [0.15, 0.2) is 0 Å². The monoisotopic (exact) mass is 291 g/mol. The van der Waals surface area contributed by atoms with E-state index in [0.717, 1.165) is 10.9 Å². The van der Waals surface area contributed by atoms with E-state index in [1.54, 1.807) is 0 Å². The number of benzene rings is 1. The minimum atomic E-state index is -1.01. The van der Waals surface area contributed by atoms with Crippen LogP contribution in [0.25, 0.3) is 0 Å². The van der Waals surface area contributed by atoms with E-state index in [1.165, 1.54) is 37.0 Å². The van der Waals surface area contributed by atoms with Crippen molar-refractivity contribution in [2.24, 2.45) is 4.99 Å². The summed E-state index contributed by atoms with van der Waals surface area (Å²) in [5.41, 5.74) is 3.84. The normalized spacial score (nSPS) is 22.7. The van der Waals surface area contributed by atoms with E-state index in [1.807, 2.05) is 0 Å². The quantitative estimate of drug-likeness (QED) is 0.662. The third-order valence-corrected chi connectivity index (χ3v) is 7.86. The van der Waals surface area contributed by atoms with Crippen molar-refractivity contribution in [1.29, 1.82) is 0 Å². The smallest absolute Gasteiger partial charge is 0.108 e. The molecule has 1 unspecified atom stereocenters. The predicted molar refractivity (Wildman–Crippen MR) is 91.5 cm³/mol. The Morgan fingerprint density at radius 2 is 1.84 bits per heavy atom. The van der Waals surface area contributed by atoms with Gasteiger partial charge in [0.05, 0.1) is 5.69 Å². The van der Waals surface area contributed by atoms with Crippen molar-refractivity contribution in [1.82, 2.24) is 0 Å². The van der Waals surface area contributed by atoms with Crippen molar-refractivity contribution in [2.75, 3.05) is 0 Å². The Balaban J connectivity index is 2.02. The lowest BCUT2D eigenvalue weighted by molar-refractivity contribution is 0.683. The largest absolute Gasteiger partial charge is 0.258 e. The maximum Gasteiger partial charge on any atom is 0.108 e. The van der Waals surface area contributed by atoms with Gasteiger partial charge in [-0.25, -0.2) is 0 Å². The molecule has 0 N–H and O–H groups in total. The van der Waals surface area contributed by atoms with E-state index < -0.39 is 7.22 Å². The minimum absolute atomic E-state index is 0.810. The molecule has 19 heavy (non-hydrogen) atoms. The SMILES string of the molecule is Cc1ccc(N=C2CCCC(S[Si](C)(C)C)C2)cc1. The van der Waals surface area contributed by atoms with Crippen LogP contribution in [0.4, 0.5) is 5.69 Å². The fourth-order valence-corrected chi connectivity index (χ4v) is 7.67. The molecule has 1 atom stereocenters. The summed E-state index contributed by atoms with van der Waals surface area (Å²) in [6, 6.07) is 8.57. The molecular formula is C16H25NSSi. The zero-order valence-electron chi connectivity index (χ0n) is 12.6. The van der Waals surface area contributed by atoms with Gasteiger partial charge < -0.3 is 0 Å². The van der Waals surface area contributed by atoms with Crippen LogP contribution in [0.5, 0.6) is 0 Å². The van der Waals surface area contributed by atoms with Gasteiger partial charge in [0.2, 0.25) is 0 Å². The number of hydrogen-bond donors (Lipinski definition) is 0. The van der Waals surface area contributed by atoms with Crippen LogP contribution in [-0.4, -0.2) is 18.2 Å². The minimum Gasteiger partial charge on any atom is -0.258 e. The van der Waals surface area contributed by atoms with Crippen LogP contribution in [0.2, 0.25) is 19.6 Å². The first-order valence-electron chi connectivity index (χ1n) is 7.23. The maximum atomic E-state index is 4.86. The molecule has 0 radical (unpaired) electrons. The van der Waals surface area contributed by atoms with Crippen LogP contribution in [0, 0.1) is 6.92 Å². The second kappa shape index (κ2) is 6.27. The molecule has 0 spiro atoms. The topological polar surface area (TPSA) is 12.4 Å². The Bertz CT molecular complexity index is 445. The van der Waals surface area contributed by atoms with Crippen molar-refractivity contribution in [2.45, 2.75) is 57.5 Å². The Labute approximate surface area is 122 Å². The third-order valence-electron chi connectivity index (χ3n) is 3.30. The van der Waals surface area contributed by atoms with Gasteiger partial charge in [0.25, 0.3) is 0 Å². The summed E-state index contributed by atoms with van der Waals surface area (Å²) in [6.45, 7) is 9.47. The molecule has 0 saturated heterocycles. The molecule has 2 rings (SSSR count). The first-order valence-corrected chi connectivity index (χ1v) is 12.3. The number of rotatable bonds is 3. The zero-order valence-corrected chi connectivity index (χ0v) is 14.4. The Morgan fingerprint density at radius 1 is 1.16 bits per heavy atom. The maximum absolute atomic E-state index is 4.86. The van der Waals surface area contributed by atoms with Crippen molar-refractivity contribution in [3.63, 3.8) is 0 Å². The van der Waals surface area contributed by atoms with E-state index in [4.69, 9.17) is 4.99 Å². The second-order valence-corrected chi connectivity index (χ2v) is 16.0. The molecule has 1 aliphatic rings. The van der Waals surface area contributed by atoms with Gasteiger partial charge in [-0.2, -0.15) is 11.2 Å². The molecule has 0 aliphatic heterocycles. The lowest BCUT2D eigenvalue weighted by atomic mass is 9.98. The lowest BCUT2D eigenvalue weighted by Gasteiger charge is -2.28. The van der Waals surface area contributed by atoms with Gasteiger partial charge in [-0.15, -0.1) is 0 Å². The zero-order chi connectivity index (χ0) is 13.9. The summed E-state index contributed by atoms with van der Waals surface area (Å²) in [7, 11) is -1.01. The highest BCUT2D eigenvalue weighted by Crippen LogP contribution is 2.34. The van der Waals surface area contributed by atoms with Gasteiger partial charge in [-0.1, -0.05) is 37.3 Å². The molecule has 3 heteroatoms. The highest BCUT2D eigenvalue weighted by atomic mass is 32.4. The summed E-state index contributed by atoms with van der Waals surface area (Å²) in [5, 5.41) is 0.810. The molecule has 0 aromatic heterocycles.